The van der Waals surface area contributed by atoms with Crippen molar-refractivity contribution in [3.8, 4) is 0 Å². The van der Waals surface area contributed by atoms with Gasteiger partial charge in [-0.2, -0.15) is 0 Å². The lowest BCUT2D eigenvalue weighted by Crippen LogP contribution is -2.29. The normalized spacial score (nSPS) is 12.7. The number of hydrogen-bond acceptors (Lipinski definition) is 6. The molecule has 2 amide bonds. The fourth-order valence-electron chi connectivity index (χ4n) is 4.07. The molecule has 4 aromatic rings. The van der Waals surface area contributed by atoms with Crippen molar-refractivity contribution in [3.05, 3.63) is 106 Å². The summed E-state index contributed by atoms with van der Waals surface area (Å²) in [6.45, 7) is 1.22. The van der Waals surface area contributed by atoms with Gasteiger partial charge in [-0.05, 0) is 55.5 Å². The number of carbonyl (C=O) groups is 4. The van der Waals surface area contributed by atoms with Gasteiger partial charge in [0.2, 0.25) is 0 Å². The molecule has 0 spiro atoms. The van der Waals surface area contributed by atoms with Crippen LogP contribution < -0.4 is 4.90 Å². The molecule has 0 unspecified atom stereocenters. The third-order valence-corrected chi connectivity index (χ3v) is 6.00. The molecule has 1 aromatic heterocycles. The molecule has 0 bridgehead atoms. The van der Waals surface area contributed by atoms with Crippen molar-refractivity contribution in [3.63, 3.8) is 0 Å². The molecule has 0 saturated carbocycles. The quantitative estimate of drug-likeness (QED) is 0.224. The maximum absolute atomic E-state index is 13.4. The Morgan fingerprint density at radius 2 is 1.60 bits per heavy atom. The van der Waals surface area contributed by atoms with E-state index in [9.17, 15) is 19.2 Å². The molecule has 0 radical (unpaired) electrons. The number of hydrogen-bond donors (Lipinski definition) is 0. The van der Waals surface area contributed by atoms with E-state index in [1.54, 1.807) is 61.5 Å². The molecule has 0 saturated heterocycles. The van der Waals surface area contributed by atoms with Crippen molar-refractivity contribution in [2.45, 2.75) is 6.92 Å². The van der Waals surface area contributed by atoms with Crippen molar-refractivity contribution in [1.82, 2.24) is 4.98 Å². The van der Waals surface area contributed by atoms with Gasteiger partial charge in [-0.25, -0.2) is 9.69 Å². The summed E-state index contributed by atoms with van der Waals surface area (Å²) in [5, 5.41) is 1.08. The van der Waals surface area contributed by atoms with Crippen LogP contribution in [-0.2, 0) is 4.74 Å². The number of nitrogens with zero attached hydrogens (tertiary/aromatic N) is 2. The molecule has 0 fully saturated rings. The summed E-state index contributed by atoms with van der Waals surface area (Å²) in [7, 11) is 0. The van der Waals surface area contributed by atoms with Crippen molar-refractivity contribution in [2.24, 2.45) is 0 Å². The van der Waals surface area contributed by atoms with Crippen LogP contribution in [-0.4, -0.2) is 35.2 Å². The first-order chi connectivity index (χ1) is 16.8. The first-order valence-corrected chi connectivity index (χ1v) is 11.1. The molecule has 8 heteroatoms. The SMILES string of the molecule is Cc1nc2ccccc2c2c1C(=O)N(c1cccc(C(=O)OCC(=O)c3ccc(Cl)cc3)c1)C2=O. The average molecular weight is 485 g/mol. The molecule has 1 aliphatic rings. The summed E-state index contributed by atoms with van der Waals surface area (Å²) in [5.41, 5.74) is 2.29. The average Bonchev–Trinajstić information content (AvgIpc) is 3.13. The number of fused-ring (bicyclic) bond motifs is 3. The third kappa shape index (κ3) is 3.96. The van der Waals surface area contributed by atoms with Gasteiger partial charge < -0.3 is 4.74 Å². The number of esters is 1. The van der Waals surface area contributed by atoms with Crippen LogP contribution in [0.15, 0.2) is 72.8 Å². The Labute approximate surface area is 204 Å². The van der Waals surface area contributed by atoms with Crippen molar-refractivity contribution in [2.75, 3.05) is 11.5 Å². The minimum atomic E-state index is -0.755. The van der Waals surface area contributed by atoms with Gasteiger partial charge in [-0.15, -0.1) is 0 Å². The standard InChI is InChI=1S/C27H17ClN2O5/c1-15-23-24(20-7-2-3-8-21(20)29-15)26(33)30(25(23)32)19-6-4-5-17(13-19)27(34)35-14-22(31)16-9-11-18(28)12-10-16/h2-13H,14H2,1H3. The highest BCUT2D eigenvalue weighted by molar-refractivity contribution is 6.37. The summed E-state index contributed by atoms with van der Waals surface area (Å²) in [6, 6.07) is 19.3. The Balaban J connectivity index is 1.40. The topological polar surface area (TPSA) is 93.6 Å². The van der Waals surface area contributed by atoms with Gasteiger partial charge in [0.25, 0.3) is 11.8 Å². The molecular weight excluding hydrogens is 468 g/mol. The van der Waals surface area contributed by atoms with Crippen LogP contribution in [0.3, 0.4) is 0 Å². The molecule has 5 rings (SSSR count). The number of halogens is 1. The van der Waals surface area contributed by atoms with Gasteiger partial charge in [-0.1, -0.05) is 35.9 Å². The number of imide groups is 1. The minimum Gasteiger partial charge on any atom is -0.454 e. The first-order valence-electron chi connectivity index (χ1n) is 10.7. The van der Waals surface area contributed by atoms with Crippen LogP contribution in [0, 0.1) is 6.92 Å². The maximum atomic E-state index is 13.4. The number of para-hydroxylation sites is 1. The molecule has 35 heavy (non-hydrogen) atoms. The lowest BCUT2D eigenvalue weighted by molar-refractivity contribution is 0.0474. The largest absolute Gasteiger partial charge is 0.454 e. The molecular formula is C27H17ClN2O5. The monoisotopic (exact) mass is 484 g/mol. The Morgan fingerprint density at radius 3 is 2.37 bits per heavy atom. The highest BCUT2D eigenvalue weighted by Gasteiger charge is 2.40. The van der Waals surface area contributed by atoms with E-state index in [1.807, 2.05) is 6.07 Å². The van der Waals surface area contributed by atoms with Gasteiger partial charge in [0.15, 0.2) is 12.4 Å². The second-order valence-electron chi connectivity index (χ2n) is 7.97. The van der Waals surface area contributed by atoms with Crippen LogP contribution in [0.4, 0.5) is 5.69 Å². The Bertz CT molecular complexity index is 1550. The number of aromatic nitrogens is 1. The molecule has 172 valence electrons. The highest BCUT2D eigenvalue weighted by atomic mass is 35.5. The summed E-state index contributed by atoms with van der Waals surface area (Å²) in [5.74, 6) is -2.14. The van der Waals surface area contributed by atoms with Gasteiger partial charge >= 0.3 is 5.97 Å². The van der Waals surface area contributed by atoms with E-state index in [0.29, 0.717) is 32.7 Å². The summed E-state index contributed by atoms with van der Waals surface area (Å²) in [6.07, 6.45) is 0. The predicted molar refractivity (Wildman–Crippen MR) is 130 cm³/mol. The van der Waals surface area contributed by atoms with E-state index in [0.717, 1.165) is 4.90 Å². The number of rotatable bonds is 5. The fraction of sp³-hybridized carbons (Fsp3) is 0.0741. The molecule has 0 atom stereocenters. The zero-order valence-corrected chi connectivity index (χ0v) is 19.2. The molecule has 2 heterocycles. The van der Waals surface area contributed by atoms with Gasteiger partial charge in [0.1, 0.15) is 0 Å². The number of Topliss-reactive ketones (excluding diaryl/α,β-unsaturated/α-hetero) is 1. The summed E-state index contributed by atoms with van der Waals surface area (Å²) < 4.78 is 5.16. The van der Waals surface area contributed by atoms with Crippen molar-refractivity contribution >= 4 is 51.8 Å². The van der Waals surface area contributed by atoms with E-state index in [4.69, 9.17) is 16.3 Å². The molecule has 0 aliphatic carbocycles. The van der Waals surface area contributed by atoms with Crippen LogP contribution in [0.1, 0.15) is 47.1 Å². The Kier molecular flexibility index (Phi) is 5.62. The molecule has 0 N–H and O–H groups in total. The number of benzene rings is 3. The van der Waals surface area contributed by atoms with E-state index in [2.05, 4.69) is 4.98 Å². The van der Waals surface area contributed by atoms with Crippen LogP contribution in [0.5, 0.6) is 0 Å². The van der Waals surface area contributed by atoms with Crippen LogP contribution >= 0.6 is 11.6 Å². The zero-order chi connectivity index (χ0) is 24.7. The lowest BCUT2D eigenvalue weighted by Gasteiger charge is -2.15. The number of amides is 2. The van der Waals surface area contributed by atoms with Crippen molar-refractivity contribution < 1.29 is 23.9 Å². The molecule has 1 aliphatic heterocycles. The summed E-state index contributed by atoms with van der Waals surface area (Å²) in [4.78, 5) is 57.0. The van der Waals surface area contributed by atoms with Crippen LogP contribution in [0.2, 0.25) is 5.02 Å². The van der Waals surface area contributed by atoms with Gasteiger partial charge in [0.05, 0.1) is 33.6 Å². The number of aryl methyl sites for hydroxylation is 1. The van der Waals surface area contributed by atoms with E-state index in [-0.39, 0.29) is 22.6 Å². The fourth-order valence-corrected chi connectivity index (χ4v) is 4.20. The molecule has 3 aromatic carbocycles. The van der Waals surface area contributed by atoms with E-state index in [1.165, 1.54) is 12.1 Å². The maximum Gasteiger partial charge on any atom is 0.338 e. The van der Waals surface area contributed by atoms with Gasteiger partial charge in [0, 0.05) is 16.0 Å². The second-order valence-corrected chi connectivity index (χ2v) is 8.40. The van der Waals surface area contributed by atoms with Crippen LogP contribution in [0.25, 0.3) is 10.9 Å². The van der Waals surface area contributed by atoms with Crippen molar-refractivity contribution in [1.29, 1.82) is 0 Å². The lowest BCUT2D eigenvalue weighted by atomic mass is 10.0. The molecule has 7 nitrogen and oxygen atoms in total. The third-order valence-electron chi connectivity index (χ3n) is 5.75. The number of anilines is 1. The predicted octanol–water partition coefficient (Wildman–Crippen LogP) is 5.04. The van der Waals surface area contributed by atoms with E-state index >= 15 is 0 Å². The number of ketones is 1. The minimum absolute atomic E-state index is 0.0997. The summed E-state index contributed by atoms with van der Waals surface area (Å²) >= 11 is 5.83. The second kappa shape index (κ2) is 8.77. The Hall–Kier alpha value is -4.36. The smallest absolute Gasteiger partial charge is 0.338 e. The number of carbonyl (C=O) groups excluding carboxylic acids is 4. The highest BCUT2D eigenvalue weighted by Crippen LogP contribution is 2.34. The van der Waals surface area contributed by atoms with Gasteiger partial charge in [-0.3, -0.25) is 19.4 Å². The first kappa shape index (κ1) is 22.4. The number of pyridine rings is 1. The zero-order valence-electron chi connectivity index (χ0n) is 18.4. The Morgan fingerprint density at radius 1 is 0.886 bits per heavy atom. The van der Waals surface area contributed by atoms with E-state index < -0.39 is 24.4 Å². The number of ether oxygens (including phenoxy) is 1.